The van der Waals surface area contributed by atoms with Crippen molar-refractivity contribution in [3.63, 3.8) is 0 Å². The molecule has 158 valence electrons. The number of phenolic OH excluding ortho intramolecular Hbond substituents is 1. The molecule has 0 aliphatic carbocycles. The number of rotatable bonds is 4. The van der Waals surface area contributed by atoms with Crippen LogP contribution in [0, 0.1) is 6.92 Å². The minimum absolute atomic E-state index is 0.112. The maximum Gasteiger partial charge on any atom is 0.416 e. The standard InChI is InChI=1S/C23H17ClF3N3O/c1-13-10-19(29-12-18(13)24)30-20(15-4-2-6-16(11-15)23(25,26)27)17-8-7-14-5-3-9-28-21(14)22(17)31/h2-12,20,31H,1H3,(H,29,30). The third kappa shape index (κ3) is 4.27. The van der Waals surface area contributed by atoms with E-state index in [1.807, 2.05) is 0 Å². The third-order valence-corrected chi connectivity index (χ3v) is 5.37. The van der Waals surface area contributed by atoms with Gasteiger partial charge in [-0.05, 0) is 42.3 Å². The average molecular weight is 444 g/mol. The van der Waals surface area contributed by atoms with E-state index in [1.165, 1.54) is 12.3 Å². The molecule has 31 heavy (non-hydrogen) atoms. The normalized spacial score (nSPS) is 12.7. The third-order valence-electron chi connectivity index (χ3n) is 4.98. The fourth-order valence-electron chi connectivity index (χ4n) is 3.38. The number of benzene rings is 2. The van der Waals surface area contributed by atoms with Crippen LogP contribution in [0.5, 0.6) is 5.75 Å². The van der Waals surface area contributed by atoms with Crippen LogP contribution in [0.15, 0.2) is 67.0 Å². The van der Waals surface area contributed by atoms with Crippen LogP contribution in [0.2, 0.25) is 5.02 Å². The lowest BCUT2D eigenvalue weighted by Gasteiger charge is -2.23. The first kappa shape index (κ1) is 20.9. The zero-order chi connectivity index (χ0) is 22.2. The van der Waals surface area contributed by atoms with Gasteiger partial charge >= 0.3 is 6.18 Å². The van der Waals surface area contributed by atoms with Gasteiger partial charge in [-0.1, -0.05) is 41.9 Å². The Morgan fingerprint density at radius 1 is 1.03 bits per heavy atom. The van der Waals surface area contributed by atoms with E-state index in [9.17, 15) is 18.3 Å². The fraction of sp³-hybridized carbons (Fsp3) is 0.130. The zero-order valence-corrected chi connectivity index (χ0v) is 17.0. The molecular weight excluding hydrogens is 427 g/mol. The number of hydrogen-bond donors (Lipinski definition) is 2. The number of halogens is 4. The highest BCUT2D eigenvalue weighted by Crippen LogP contribution is 2.38. The largest absolute Gasteiger partial charge is 0.505 e. The van der Waals surface area contributed by atoms with E-state index in [2.05, 4.69) is 15.3 Å². The molecule has 2 heterocycles. The average Bonchev–Trinajstić information content (AvgIpc) is 2.75. The molecule has 2 aromatic carbocycles. The Morgan fingerprint density at radius 3 is 2.58 bits per heavy atom. The molecule has 0 bridgehead atoms. The van der Waals surface area contributed by atoms with E-state index >= 15 is 0 Å². The SMILES string of the molecule is Cc1cc(NC(c2cccc(C(F)(F)F)c2)c2ccc3cccnc3c2O)ncc1Cl. The zero-order valence-electron chi connectivity index (χ0n) is 16.3. The van der Waals surface area contributed by atoms with Gasteiger partial charge in [0, 0.05) is 23.3 Å². The van der Waals surface area contributed by atoms with E-state index in [-0.39, 0.29) is 5.75 Å². The van der Waals surface area contributed by atoms with E-state index in [1.54, 1.807) is 49.5 Å². The summed E-state index contributed by atoms with van der Waals surface area (Å²) in [6, 6.07) is 12.8. The van der Waals surface area contributed by atoms with Crippen LogP contribution in [0.1, 0.15) is 28.3 Å². The lowest BCUT2D eigenvalue weighted by atomic mass is 9.95. The Labute approximate surface area is 181 Å². The number of nitrogens with zero attached hydrogens (tertiary/aromatic N) is 2. The summed E-state index contributed by atoms with van der Waals surface area (Å²) in [7, 11) is 0. The molecule has 4 rings (SSSR count). The van der Waals surface area contributed by atoms with Gasteiger partial charge in [0.25, 0.3) is 0 Å². The number of phenols is 1. The van der Waals surface area contributed by atoms with Crippen LogP contribution >= 0.6 is 11.6 Å². The Kier molecular flexibility index (Phi) is 5.45. The van der Waals surface area contributed by atoms with Gasteiger partial charge in [-0.3, -0.25) is 4.98 Å². The van der Waals surface area contributed by atoms with Crippen LogP contribution in [0.4, 0.5) is 19.0 Å². The molecule has 1 atom stereocenters. The monoisotopic (exact) mass is 443 g/mol. The van der Waals surface area contributed by atoms with Crippen LogP contribution in [0.3, 0.4) is 0 Å². The Bertz CT molecular complexity index is 1260. The molecule has 4 aromatic rings. The lowest BCUT2D eigenvalue weighted by Crippen LogP contribution is -2.15. The topological polar surface area (TPSA) is 58.0 Å². The van der Waals surface area contributed by atoms with E-state index in [0.29, 0.717) is 32.9 Å². The maximum atomic E-state index is 13.3. The van der Waals surface area contributed by atoms with Crippen molar-refractivity contribution >= 4 is 28.3 Å². The summed E-state index contributed by atoms with van der Waals surface area (Å²) in [6.07, 6.45) is -1.49. The minimum Gasteiger partial charge on any atom is -0.505 e. The smallest absolute Gasteiger partial charge is 0.416 e. The molecule has 0 fully saturated rings. The molecule has 4 nitrogen and oxygen atoms in total. The van der Waals surface area contributed by atoms with Gasteiger partial charge in [0.2, 0.25) is 0 Å². The summed E-state index contributed by atoms with van der Waals surface area (Å²) in [5, 5.41) is 15.2. The van der Waals surface area contributed by atoms with Crippen molar-refractivity contribution in [1.29, 1.82) is 0 Å². The van der Waals surface area contributed by atoms with E-state index in [4.69, 9.17) is 11.6 Å². The van der Waals surface area contributed by atoms with Crippen molar-refractivity contribution in [2.45, 2.75) is 19.1 Å². The summed E-state index contributed by atoms with van der Waals surface area (Å²) in [5.74, 6) is 0.295. The summed E-state index contributed by atoms with van der Waals surface area (Å²) in [6.45, 7) is 1.80. The predicted octanol–water partition coefficient (Wildman–Crippen LogP) is 6.52. The van der Waals surface area contributed by atoms with Crippen molar-refractivity contribution in [1.82, 2.24) is 9.97 Å². The second-order valence-corrected chi connectivity index (χ2v) is 7.51. The van der Waals surface area contributed by atoms with Gasteiger partial charge < -0.3 is 10.4 Å². The second kappa shape index (κ2) is 8.07. The number of aromatic nitrogens is 2. The molecule has 0 aliphatic heterocycles. The molecule has 0 saturated carbocycles. The van der Waals surface area contributed by atoms with Crippen molar-refractivity contribution in [2.24, 2.45) is 0 Å². The predicted molar refractivity (Wildman–Crippen MR) is 114 cm³/mol. The second-order valence-electron chi connectivity index (χ2n) is 7.10. The quantitative estimate of drug-likeness (QED) is 0.377. The number of fused-ring (bicyclic) bond motifs is 1. The first-order chi connectivity index (χ1) is 14.7. The highest BCUT2D eigenvalue weighted by Gasteiger charge is 2.31. The summed E-state index contributed by atoms with van der Waals surface area (Å²) in [5.41, 5.74) is 1.02. The van der Waals surface area contributed by atoms with Gasteiger partial charge in [0.05, 0.1) is 16.6 Å². The maximum absolute atomic E-state index is 13.3. The van der Waals surface area contributed by atoms with Crippen molar-refractivity contribution in [3.8, 4) is 5.75 Å². The lowest BCUT2D eigenvalue weighted by molar-refractivity contribution is -0.137. The van der Waals surface area contributed by atoms with Crippen molar-refractivity contribution in [2.75, 3.05) is 5.32 Å². The number of aromatic hydroxyl groups is 1. The van der Waals surface area contributed by atoms with Crippen LogP contribution < -0.4 is 5.32 Å². The summed E-state index contributed by atoms with van der Waals surface area (Å²) in [4.78, 5) is 8.45. The minimum atomic E-state index is -4.50. The molecule has 0 spiro atoms. The highest BCUT2D eigenvalue weighted by molar-refractivity contribution is 6.31. The number of nitrogens with one attached hydrogen (secondary N) is 1. The Balaban J connectivity index is 1.87. The first-order valence-electron chi connectivity index (χ1n) is 9.36. The van der Waals surface area contributed by atoms with E-state index in [0.717, 1.165) is 17.7 Å². The van der Waals surface area contributed by atoms with Crippen LogP contribution in [0.25, 0.3) is 10.9 Å². The van der Waals surface area contributed by atoms with Gasteiger partial charge in [-0.25, -0.2) is 4.98 Å². The Hall–Kier alpha value is -3.32. The molecule has 2 aromatic heterocycles. The van der Waals surface area contributed by atoms with Gasteiger partial charge in [-0.15, -0.1) is 0 Å². The molecule has 0 amide bonds. The fourth-order valence-corrected chi connectivity index (χ4v) is 3.48. The van der Waals surface area contributed by atoms with Gasteiger partial charge in [-0.2, -0.15) is 13.2 Å². The van der Waals surface area contributed by atoms with Crippen molar-refractivity contribution in [3.05, 3.63) is 94.3 Å². The summed E-state index contributed by atoms with van der Waals surface area (Å²) >= 11 is 6.05. The van der Waals surface area contributed by atoms with Gasteiger partial charge in [0.1, 0.15) is 17.1 Å². The number of hydrogen-bond acceptors (Lipinski definition) is 4. The summed E-state index contributed by atoms with van der Waals surface area (Å²) < 4.78 is 40.0. The molecule has 2 N–H and O–H groups in total. The molecular formula is C23H17ClF3N3O. The van der Waals surface area contributed by atoms with E-state index < -0.39 is 17.8 Å². The molecule has 8 heteroatoms. The van der Waals surface area contributed by atoms with Crippen LogP contribution in [-0.2, 0) is 6.18 Å². The number of pyridine rings is 2. The molecule has 1 unspecified atom stereocenters. The molecule has 0 saturated heterocycles. The highest BCUT2D eigenvalue weighted by atomic mass is 35.5. The molecule has 0 radical (unpaired) electrons. The molecule has 0 aliphatic rings. The first-order valence-corrected chi connectivity index (χ1v) is 9.74. The number of alkyl halides is 3. The van der Waals surface area contributed by atoms with Crippen LogP contribution in [-0.4, -0.2) is 15.1 Å². The number of anilines is 1. The van der Waals surface area contributed by atoms with Crippen molar-refractivity contribution < 1.29 is 18.3 Å². The number of aryl methyl sites for hydroxylation is 1. The Morgan fingerprint density at radius 2 is 1.84 bits per heavy atom. The van der Waals surface area contributed by atoms with Gasteiger partial charge in [0.15, 0.2) is 0 Å².